The minimum atomic E-state index is -0.673. The zero-order valence-electron chi connectivity index (χ0n) is 11.1. The fourth-order valence-electron chi connectivity index (χ4n) is 3.01. The van der Waals surface area contributed by atoms with E-state index in [2.05, 4.69) is 10.3 Å². The molecule has 106 valence electrons. The molecule has 6 heteroatoms. The van der Waals surface area contributed by atoms with Crippen LogP contribution >= 0.6 is 11.6 Å². The molecular formula is C14H16ClN3O2. The van der Waals surface area contributed by atoms with Crippen LogP contribution in [-0.2, 0) is 11.3 Å². The minimum absolute atomic E-state index is 0.121. The Morgan fingerprint density at radius 3 is 2.70 bits per heavy atom. The third-order valence-electron chi connectivity index (χ3n) is 4.05. The van der Waals surface area contributed by atoms with Crippen molar-refractivity contribution >= 4 is 23.5 Å². The molecule has 1 N–H and O–H groups in total. The van der Waals surface area contributed by atoms with Gasteiger partial charge in [0.2, 0.25) is 0 Å². The maximum Gasteiger partial charge on any atom is 0.325 e. The molecule has 0 bridgehead atoms. The van der Waals surface area contributed by atoms with Crippen molar-refractivity contribution in [2.24, 2.45) is 0 Å². The molecule has 20 heavy (non-hydrogen) atoms. The van der Waals surface area contributed by atoms with Crippen LogP contribution in [0.3, 0.4) is 0 Å². The number of pyridine rings is 1. The molecule has 0 radical (unpaired) electrons. The SMILES string of the molecule is O=C1NC2(CCCCC2)C(=O)N1Cc1cccc(Cl)n1. The molecule has 0 aromatic carbocycles. The lowest BCUT2D eigenvalue weighted by Crippen LogP contribution is -2.48. The quantitative estimate of drug-likeness (QED) is 0.673. The molecule has 5 nitrogen and oxygen atoms in total. The third-order valence-corrected chi connectivity index (χ3v) is 4.26. The van der Waals surface area contributed by atoms with E-state index in [0.717, 1.165) is 32.1 Å². The zero-order valence-corrected chi connectivity index (χ0v) is 11.8. The van der Waals surface area contributed by atoms with E-state index in [9.17, 15) is 9.59 Å². The van der Waals surface area contributed by atoms with Crippen molar-refractivity contribution in [1.82, 2.24) is 15.2 Å². The van der Waals surface area contributed by atoms with Crippen LogP contribution in [0.1, 0.15) is 37.8 Å². The summed E-state index contributed by atoms with van der Waals surface area (Å²) in [6.45, 7) is 0.174. The highest BCUT2D eigenvalue weighted by Gasteiger charge is 2.51. The second kappa shape index (κ2) is 5.05. The van der Waals surface area contributed by atoms with Crippen molar-refractivity contribution in [3.8, 4) is 0 Å². The van der Waals surface area contributed by atoms with E-state index < -0.39 is 5.54 Å². The predicted octanol–water partition coefficient (Wildman–Crippen LogP) is 2.49. The largest absolute Gasteiger partial charge is 0.325 e. The number of rotatable bonds is 2. The van der Waals surface area contributed by atoms with Crippen LogP contribution in [0.2, 0.25) is 5.15 Å². The normalized spacial score (nSPS) is 21.4. The van der Waals surface area contributed by atoms with Gasteiger partial charge in [0.25, 0.3) is 5.91 Å². The first-order valence-corrected chi connectivity index (χ1v) is 7.24. The Balaban J connectivity index is 1.80. The number of amides is 3. The van der Waals surface area contributed by atoms with Gasteiger partial charge in [-0.15, -0.1) is 0 Å². The maximum absolute atomic E-state index is 12.6. The Labute approximate surface area is 122 Å². The first kappa shape index (κ1) is 13.4. The van der Waals surface area contributed by atoms with Gasteiger partial charge in [-0.3, -0.25) is 9.69 Å². The molecule has 2 aliphatic rings. The molecule has 3 rings (SSSR count). The molecule has 1 saturated heterocycles. The smallest absolute Gasteiger partial charge is 0.323 e. The summed E-state index contributed by atoms with van der Waals surface area (Å²) < 4.78 is 0. The van der Waals surface area contributed by atoms with Gasteiger partial charge in [-0.25, -0.2) is 9.78 Å². The van der Waals surface area contributed by atoms with Gasteiger partial charge < -0.3 is 5.32 Å². The fourth-order valence-corrected chi connectivity index (χ4v) is 3.20. The molecule has 2 heterocycles. The van der Waals surface area contributed by atoms with Gasteiger partial charge in [-0.2, -0.15) is 0 Å². The second-order valence-corrected chi connectivity index (χ2v) is 5.80. The first-order chi connectivity index (χ1) is 9.61. The van der Waals surface area contributed by atoms with Crippen molar-refractivity contribution in [3.05, 3.63) is 29.0 Å². The molecule has 1 spiro atoms. The van der Waals surface area contributed by atoms with Crippen LogP contribution in [0.25, 0.3) is 0 Å². The Kier molecular flexibility index (Phi) is 3.38. The standard InChI is InChI=1S/C14H16ClN3O2/c15-11-6-4-5-10(16-11)9-18-12(19)14(17-13(18)20)7-2-1-3-8-14/h4-6H,1-3,7-9H2,(H,17,20). The van der Waals surface area contributed by atoms with Crippen LogP contribution in [0, 0.1) is 0 Å². The third kappa shape index (κ3) is 2.26. The van der Waals surface area contributed by atoms with Crippen molar-refractivity contribution in [1.29, 1.82) is 0 Å². The maximum atomic E-state index is 12.6. The average molecular weight is 294 g/mol. The molecule has 1 saturated carbocycles. The van der Waals surface area contributed by atoms with E-state index in [4.69, 9.17) is 11.6 Å². The van der Waals surface area contributed by atoms with Crippen LogP contribution in [0.15, 0.2) is 18.2 Å². The van der Waals surface area contributed by atoms with Gasteiger partial charge in [0.15, 0.2) is 0 Å². The average Bonchev–Trinajstić information content (AvgIpc) is 2.64. The summed E-state index contributed by atoms with van der Waals surface area (Å²) in [6.07, 6.45) is 4.55. The van der Waals surface area contributed by atoms with Crippen LogP contribution in [0.5, 0.6) is 0 Å². The lowest BCUT2D eigenvalue weighted by atomic mass is 9.82. The molecule has 1 aliphatic heterocycles. The van der Waals surface area contributed by atoms with Gasteiger partial charge >= 0.3 is 6.03 Å². The number of halogens is 1. The predicted molar refractivity (Wildman–Crippen MR) is 74.1 cm³/mol. The van der Waals surface area contributed by atoms with Crippen LogP contribution < -0.4 is 5.32 Å². The van der Waals surface area contributed by atoms with E-state index in [1.54, 1.807) is 18.2 Å². The number of nitrogens with zero attached hydrogens (tertiary/aromatic N) is 2. The molecule has 3 amide bonds. The highest BCUT2D eigenvalue weighted by atomic mass is 35.5. The summed E-state index contributed by atoms with van der Waals surface area (Å²) in [5.74, 6) is -0.121. The molecule has 2 fully saturated rings. The number of carbonyl (C=O) groups excluding carboxylic acids is 2. The number of carbonyl (C=O) groups is 2. The summed E-state index contributed by atoms with van der Waals surface area (Å²) in [5.41, 5.74) is -0.0534. The van der Waals surface area contributed by atoms with Gasteiger partial charge in [0.1, 0.15) is 10.7 Å². The fraction of sp³-hybridized carbons (Fsp3) is 0.500. The number of hydrogen-bond donors (Lipinski definition) is 1. The van der Waals surface area contributed by atoms with E-state index >= 15 is 0 Å². The van der Waals surface area contributed by atoms with Gasteiger partial charge in [-0.05, 0) is 25.0 Å². The zero-order chi connectivity index (χ0) is 14.2. The Bertz CT molecular complexity index is 555. The summed E-state index contributed by atoms with van der Waals surface area (Å²) in [7, 11) is 0. The van der Waals surface area contributed by atoms with Crippen molar-refractivity contribution in [3.63, 3.8) is 0 Å². The highest BCUT2D eigenvalue weighted by Crippen LogP contribution is 2.34. The second-order valence-electron chi connectivity index (χ2n) is 5.42. The molecule has 1 aliphatic carbocycles. The van der Waals surface area contributed by atoms with Crippen LogP contribution in [0.4, 0.5) is 4.79 Å². The van der Waals surface area contributed by atoms with Gasteiger partial charge in [0.05, 0.1) is 12.2 Å². The van der Waals surface area contributed by atoms with E-state index in [0.29, 0.717) is 10.8 Å². The number of nitrogens with one attached hydrogen (secondary N) is 1. The molecule has 0 atom stereocenters. The Morgan fingerprint density at radius 2 is 2.00 bits per heavy atom. The summed E-state index contributed by atoms with van der Waals surface area (Å²) in [5, 5.41) is 3.24. The summed E-state index contributed by atoms with van der Waals surface area (Å²) >= 11 is 5.83. The van der Waals surface area contributed by atoms with Crippen LogP contribution in [-0.4, -0.2) is 27.4 Å². The van der Waals surface area contributed by atoms with E-state index in [-0.39, 0.29) is 18.5 Å². The van der Waals surface area contributed by atoms with Crippen molar-refractivity contribution < 1.29 is 9.59 Å². The topological polar surface area (TPSA) is 62.3 Å². The lowest BCUT2D eigenvalue weighted by Gasteiger charge is -2.30. The molecule has 1 aromatic rings. The summed E-state index contributed by atoms with van der Waals surface area (Å²) in [4.78, 5) is 30.0. The molecule has 0 unspecified atom stereocenters. The number of imide groups is 1. The van der Waals surface area contributed by atoms with Gasteiger partial charge in [0, 0.05) is 0 Å². The molecular weight excluding hydrogens is 278 g/mol. The molecule has 1 aromatic heterocycles. The highest BCUT2D eigenvalue weighted by molar-refractivity contribution is 6.29. The van der Waals surface area contributed by atoms with E-state index in [1.807, 2.05) is 0 Å². The first-order valence-electron chi connectivity index (χ1n) is 6.86. The van der Waals surface area contributed by atoms with Crippen molar-refractivity contribution in [2.45, 2.75) is 44.2 Å². The number of urea groups is 1. The number of aromatic nitrogens is 1. The van der Waals surface area contributed by atoms with Crippen molar-refractivity contribution in [2.75, 3.05) is 0 Å². The van der Waals surface area contributed by atoms with E-state index in [1.165, 1.54) is 4.90 Å². The Hall–Kier alpha value is -1.62. The monoisotopic (exact) mass is 293 g/mol. The minimum Gasteiger partial charge on any atom is -0.323 e. The van der Waals surface area contributed by atoms with Gasteiger partial charge in [-0.1, -0.05) is 36.9 Å². The lowest BCUT2D eigenvalue weighted by molar-refractivity contribution is -0.132. The number of hydrogen-bond acceptors (Lipinski definition) is 3. The summed E-state index contributed by atoms with van der Waals surface area (Å²) in [6, 6.07) is 4.87. The Morgan fingerprint density at radius 1 is 1.25 bits per heavy atom.